The van der Waals surface area contributed by atoms with Gasteiger partial charge in [-0.3, -0.25) is 0 Å². The molecule has 0 aliphatic carbocycles. The highest BCUT2D eigenvalue weighted by atomic mass is 14.3. The van der Waals surface area contributed by atoms with E-state index in [0.717, 1.165) is 0 Å². The zero-order valence-corrected chi connectivity index (χ0v) is 11.7. The molecule has 0 heteroatoms. The lowest BCUT2D eigenvalue weighted by Gasteiger charge is -2.28. The monoisotopic (exact) mass is 218 g/mol. The molecular formula is C16H26. The van der Waals surface area contributed by atoms with Gasteiger partial charge in [0.2, 0.25) is 0 Å². The molecule has 0 bridgehead atoms. The Morgan fingerprint density at radius 3 is 1.75 bits per heavy atom. The van der Waals surface area contributed by atoms with Crippen molar-refractivity contribution in [3.63, 3.8) is 0 Å². The molecule has 1 rings (SSSR count). The first-order valence-corrected chi connectivity index (χ1v) is 6.46. The SMILES string of the molecule is CCC(C)c1ccc(C(C)C(C)(C)C)cc1. The summed E-state index contributed by atoms with van der Waals surface area (Å²) in [5.41, 5.74) is 3.27. The fourth-order valence-electron chi connectivity index (χ4n) is 1.85. The number of benzene rings is 1. The van der Waals surface area contributed by atoms with Crippen LogP contribution in [0.1, 0.15) is 70.9 Å². The van der Waals surface area contributed by atoms with Crippen molar-refractivity contribution in [1.29, 1.82) is 0 Å². The number of hydrogen-bond donors (Lipinski definition) is 0. The average molecular weight is 218 g/mol. The van der Waals surface area contributed by atoms with Gasteiger partial charge in [-0.25, -0.2) is 0 Å². The fraction of sp³-hybridized carbons (Fsp3) is 0.625. The molecule has 1 aromatic rings. The van der Waals surface area contributed by atoms with Gasteiger partial charge in [0, 0.05) is 0 Å². The molecule has 1 aromatic carbocycles. The fourth-order valence-corrected chi connectivity index (χ4v) is 1.85. The summed E-state index contributed by atoms with van der Waals surface area (Å²) >= 11 is 0. The van der Waals surface area contributed by atoms with Gasteiger partial charge in [-0.1, -0.05) is 65.8 Å². The molecule has 0 aliphatic heterocycles. The highest BCUT2D eigenvalue weighted by molar-refractivity contribution is 5.28. The maximum absolute atomic E-state index is 2.32. The van der Waals surface area contributed by atoms with Crippen molar-refractivity contribution in [1.82, 2.24) is 0 Å². The van der Waals surface area contributed by atoms with Crippen LogP contribution in [0.15, 0.2) is 24.3 Å². The van der Waals surface area contributed by atoms with Crippen LogP contribution in [0.2, 0.25) is 0 Å². The molecule has 0 radical (unpaired) electrons. The van der Waals surface area contributed by atoms with Gasteiger partial charge in [-0.15, -0.1) is 0 Å². The molecule has 0 saturated carbocycles. The van der Waals surface area contributed by atoms with E-state index in [4.69, 9.17) is 0 Å². The Morgan fingerprint density at radius 1 is 0.938 bits per heavy atom. The lowest BCUT2D eigenvalue weighted by atomic mass is 9.77. The van der Waals surface area contributed by atoms with Gasteiger partial charge in [-0.05, 0) is 34.8 Å². The molecule has 0 aromatic heterocycles. The first kappa shape index (κ1) is 13.3. The Hall–Kier alpha value is -0.780. The van der Waals surface area contributed by atoms with Crippen LogP contribution in [0.25, 0.3) is 0 Å². The van der Waals surface area contributed by atoms with Crippen molar-refractivity contribution in [3.05, 3.63) is 35.4 Å². The normalized spacial score (nSPS) is 15.9. The minimum Gasteiger partial charge on any atom is -0.0648 e. The zero-order valence-electron chi connectivity index (χ0n) is 11.7. The van der Waals surface area contributed by atoms with Crippen molar-refractivity contribution in [2.75, 3.05) is 0 Å². The predicted octanol–water partition coefficient (Wildman–Crippen LogP) is 5.35. The highest BCUT2D eigenvalue weighted by Crippen LogP contribution is 2.34. The van der Waals surface area contributed by atoms with Crippen LogP contribution in [0.4, 0.5) is 0 Å². The largest absolute Gasteiger partial charge is 0.0648 e. The maximum atomic E-state index is 2.32. The quantitative estimate of drug-likeness (QED) is 0.641. The second-order valence-electron chi connectivity index (χ2n) is 6.06. The summed E-state index contributed by atoms with van der Waals surface area (Å²) in [4.78, 5) is 0. The molecule has 2 unspecified atom stereocenters. The molecule has 0 N–H and O–H groups in total. The Morgan fingerprint density at radius 2 is 1.38 bits per heavy atom. The lowest BCUT2D eigenvalue weighted by Crippen LogP contribution is -2.15. The van der Waals surface area contributed by atoms with Gasteiger partial charge >= 0.3 is 0 Å². The molecule has 16 heavy (non-hydrogen) atoms. The van der Waals surface area contributed by atoms with E-state index in [0.29, 0.717) is 17.3 Å². The molecule has 0 heterocycles. The van der Waals surface area contributed by atoms with E-state index in [1.807, 2.05) is 0 Å². The summed E-state index contributed by atoms with van der Waals surface area (Å²) in [5.74, 6) is 1.29. The molecular weight excluding hydrogens is 192 g/mol. The first-order chi connectivity index (χ1) is 7.36. The third-order valence-corrected chi connectivity index (χ3v) is 3.92. The zero-order chi connectivity index (χ0) is 12.3. The average Bonchev–Trinajstić information content (AvgIpc) is 2.26. The Labute approximate surface area is 101 Å². The van der Waals surface area contributed by atoms with E-state index in [-0.39, 0.29) is 0 Å². The van der Waals surface area contributed by atoms with E-state index < -0.39 is 0 Å². The van der Waals surface area contributed by atoms with Crippen molar-refractivity contribution in [3.8, 4) is 0 Å². The Bertz CT molecular complexity index is 313. The molecule has 0 amide bonds. The Balaban J connectivity index is 2.87. The summed E-state index contributed by atoms with van der Waals surface area (Å²) in [7, 11) is 0. The van der Waals surface area contributed by atoms with Crippen LogP contribution in [0, 0.1) is 5.41 Å². The number of hydrogen-bond acceptors (Lipinski definition) is 0. The molecule has 2 atom stereocenters. The topological polar surface area (TPSA) is 0 Å². The second kappa shape index (κ2) is 5.03. The van der Waals surface area contributed by atoms with E-state index in [2.05, 4.69) is 65.8 Å². The number of rotatable bonds is 3. The van der Waals surface area contributed by atoms with Gasteiger partial charge < -0.3 is 0 Å². The molecule has 0 saturated heterocycles. The maximum Gasteiger partial charge on any atom is -0.0142 e. The van der Waals surface area contributed by atoms with E-state index >= 15 is 0 Å². The van der Waals surface area contributed by atoms with Crippen molar-refractivity contribution >= 4 is 0 Å². The Kier molecular flexibility index (Phi) is 4.18. The second-order valence-corrected chi connectivity index (χ2v) is 6.06. The molecule has 0 spiro atoms. The molecule has 0 aliphatic rings. The van der Waals surface area contributed by atoms with Gasteiger partial charge in [-0.2, -0.15) is 0 Å². The van der Waals surface area contributed by atoms with Crippen LogP contribution in [0.5, 0.6) is 0 Å². The van der Waals surface area contributed by atoms with Gasteiger partial charge in [0.25, 0.3) is 0 Å². The summed E-state index contributed by atoms with van der Waals surface area (Å²) in [6, 6.07) is 9.20. The summed E-state index contributed by atoms with van der Waals surface area (Å²) in [6.07, 6.45) is 1.22. The standard InChI is InChI=1S/C16H26/c1-7-12(2)14-8-10-15(11-9-14)13(3)16(4,5)6/h8-13H,7H2,1-6H3. The molecule has 0 fully saturated rings. The third kappa shape index (κ3) is 3.10. The van der Waals surface area contributed by atoms with Gasteiger partial charge in [0.1, 0.15) is 0 Å². The van der Waals surface area contributed by atoms with E-state index in [9.17, 15) is 0 Å². The summed E-state index contributed by atoms with van der Waals surface area (Å²) in [6.45, 7) is 13.8. The molecule has 0 nitrogen and oxygen atoms in total. The minimum atomic E-state index is 0.345. The van der Waals surface area contributed by atoms with Crippen molar-refractivity contribution < 1.29 is 0 Å². The first-order valence-electron chi connectivity index (χ1n) is 6.46. The van der Waals surface area contributed by atoms with Crippen LogP contribution in [-0.4, -0.2) is 0 Å². The highest BCUT2D eigenvalue weighted by Gasteiger charge is 2.21. The lowest BCUT2D eigenvalue weighted by molar-refractivity contribution is 0.339. The summed E-state index contributed by atoms with van der Waals surface area (Å²) < 4.78 is 0. The van der Waals surface area contributed by atoms with E-state index in [1.165, 1.54) is 17.5 Å². The van der Waals surface area contributed by atoms with Crippen LogP contribution >= 0.6 is 0 Å². The molecule has 90 valence electrons. The summed E-state index contributed by atoms with van der Waals surface area (Å²) in [5, 5.41) is 0. The van der Waals surface area contributed by atoms with Gasteiger partial charge in [0.05, 0.1) is 0 Å². The third-order valence-electron chi connectivity index (χ3n) is 3.92. The van der Waals surface area contributed by atoms with E-state index in [1.54, 1.807) is 0 Å². The minimum absolute atomic E-state index is 0.345. The van der Waals surface area contributed by atoms with Crippen molar-refractivity contribution in [2.45, 2.75) is 59.8 Å². The van der Waals surface area contributed by atoms with Crippen LogP contribution < -0.4 is 0 Å². The smallest absolute Gasteiger partial charge is 0.0142 e. The van der Waals surface area contributed by atoms with Gasteiger partial charge in [0.15, 0.2) is 0 Å². The predicted molar refractivity (Wildman–Crippen MR) is 73.0 cm³/mol. The van der Waals surface area contributed by atoms with Crippen LogP contribution in [-0.2, 0) is 0 Å². The van der Waals surface area contributed by atoms with Crippen molar-refractivity contribution in [2.24, 2.45) is 5.41 Å². The van der Waals surface area contributed by atoms with Crippen LogP contribution in [0.3, 0.4) is 0 Å².